The van der Waals surface area contributed by atoms with E-state index < -0.39 is 5.97 Å². The van der Waals surface area contributed by atoms with Gasteiger partial charge in [0.2, 0.25) is 0 Å². The number of hydrogen-bond acceptors (Lipinski definition) is 3. The fourth-order valence-electron chi connectivity index (χ4n) is 2.42. The molecule has 2 unspecified atom stereocenters. The Hall–Kier alpha value is -1.30. The van der Waals surface area contributed by atoms with Gasteiger partial charge < -0.3 is 20.1 Å². The molecule has 6 nitrogen and oxygen atoms in total. The van der Waals surface area contributed by atoms with Crippen molar-refractivity contribution in [3.63, 3.8) is 0 Å². The van der Waals surface area contributed by atoms with Gasteiger partial charge >= 0.3 is 12.0 Å². The Kier molecular flexibility index (Phi) is 6.62. The first-order valence-electron chi connectivity index (χ1n) is 6.85. The molecule has 0 aromatic rings. The van der Waals surface area contributed by atoms with E-state index in [1.165, 1.54) is 0 Å². The van der Waals surface area contributed by atoms with Crippen LogP contribution in [0.1, 0.15) is 32.6 Å². The van der Waals surface area contributed by atoms with Crippen LogP contribution < -0.4 is 5.32 Å². The number of rotatable bonds is 6. The number of nitrogens with zero attached hydrogens (tertiary/aromatic N) is 1. The Balaban J connectivity index is 2.43. The Morgan fingerprint density at radius 3 is 2.74 bits per heavy atom. The second kappa shape index (κ2) is 7.99. The number of ether oxygens (including phenoxy) is 1. The average molecular weight is 272 g/mol. The molecular formula is C13H24N2O4. The highest BCUT2D eigenvalue weighted by atomic mass is 16.5. The van der Waals surface area contributed by atoms with Gasteiger partial charge in [-0.25, -0.2) is 4.79 Å². The summed E-state index contributed by atoms with van der Waals surface area (Å²) in [5, 5.41) is 12.0. The molecule has 110 valence electrons. The normalized spacial score (nSPS) is 22.8. The van der Waals surface area contributed by atoms with Crippen LogP contribution in [0.4, 0.5) is 4.79 Å². The maximum absolute atomic E-state index is 12.0. The van der Waals surface area contributed by atoms with Gasteiger partial charge in [-0.3, -0.25) is 4.79 Å². The number of urea groups is 1. The van der Waals surface area contributed by atoms with Gasteiger partial charge in [0.25, 0.3) is 0 Å². The first-order chi connectivity index (χ1) is 9.08. The molecule has 0 saturated heterocycles. The Bertz CT molecular complexity index is 309. The smallest absolute Gasteiger partial charge is 0.317 e. The number of nitrogens with one attached hydrogen (secondary N) is 1. The van der Waals surface area contributed by atoms with Gasteiger partial charge in [0.05, 0.1) is 12.5 Å². The Morgan fingerprint density at radius 2 is 2.16 bits per heavy atom. The van der Waals surface area contributed by atoms with E-state index in [1.807, 2.05) is 6.92 Å². The summed E-state index contributed by atoms with van der Waals surface area (Å²) in [4.78, 5) is 24.7. The minimum Gasteiger partial charge on any atom is -0.481 e. The number of amides is 2. The Labute approximate surface area is 114 Å². The minimum absolute atomic E-state index is 0.0288. The fraction of sp³-hybridized carbons (Fsp3) is 0.846. The van der Waals surface area contributed by atoms with Crippen LogP contribution in [0.3, 0.4) is 0 Å². The molecule has 1 fully saturated rings. The lowest BCUT2D eigenvalue weighted by Crippen LogP contribution is -2.47. The van der Waals surface area contributed by atoms with Gasteiger partial charge in [0.15, 0.2) is 0 Å². The van der Waals surface area contributed by atoms with E-state index in [9.17, 15) is 9.59 Å². The third-order valence-electron chi connectivity index (χ3n) is 3.59. The molecule has 1 saturated carbocycles. The molecule has 1 rings (SSSR count). The lowest BCUT2D eigenvalue weighted by molar-refractivity contribution is -0.143. The topological polar surface area (TPSA) is 78.9 Å². The van der Waals surface area contributed by atoms with Crippen LogP contribution in [-0.2, 0) is 9.53 Å². The highest BCUT2D eigenvalue weighted by Crippen LogP contribution is 2.24. The molecule has 0 spiro atoms. The fourth-order valence-corrected chi connectivity index (χ4v) is 2.42. The van der Waals surface area contributed by atoms with Gasteiger partial charge in [-0.2, -0.15) is 0 Å². The van der Waals surface area contributed by atoms with E-state index in [0.29, 0.717) is 32.5 Å². The van der Waals surface area contributed by atoms with Crippen molar-refractivity contribution in [3.8, 4) is 0 Å². The molecular weight excluding hydrogens is 248 g/mol. The number of carbonyl (C=O) groups is 2. The van der Waals surface area contributed by atoms with Crippen molar-refractivity contribution in [2.45, 2.75) is 38.6 Å². The summed E-state index contributed by atoms with van der Waals surface area (Å²) in [7, 11) is 1.60. The first kappa shape index (κ1) is 15.8. The van der Waals surface area contributed by atoms with Gasteiger partial charge in [0.1, 0.15) is 0 Å². The number of carboxylic acid groups (broad SMARTS) is 1. The third-order valence-corrected chi connectivity index (χ3v) is 3.59. The van der Waals surface area contributed by atoms with E-state index in [-0.39, 0.29) is 18.0 Å². The number of carbonyl (C=O) groups excluding carboxylic acids is 1. The van der Waals surface area contributed by atoms with Crippen LogP contribution in [0.25, 0.3) is 0 Å². The summed E-state index contributed by atoms with van der Waals surface area (Å²) in [6, 6.07) is -0.158. The quantitative estimate of drug-likeness (QED) is 0.764. The van der Waals surface area contributed by atoms with Gasteiger partial charge in [-0.05, 0) is 26.2 Å². The van der Waals surface area contributed by atoms with Gasteiger partial charge in [0, 0.05) is 26.2 Å². The lowest BCUT2D eigenvalue weighted by atomic mass is 9.86. The van der Waals surface area contributed by atoms with Crippen LogP contribution in [0, 0.1) is 5.92 Å². The third kappa shape index (κ3) is 5.06. The molecule has 6 heteroatoms. The van der Waals surface area contributed by atoms with Crippen molar-refractivity contribution in [1.82, 2.24) is 10.2 Å². The first-order valence-corrected chi connectivity index (χ1v) is 6.85. The largest absolute Gasteiger partial charge is 0.481 e. The number of hydrogen-bond donors (Lipinski definition) is 2. The van der Waals surface area contributed by atoms with Crippen LogP contribution in [0.5, 0.6) is 0 Å². The maximum Gasteiger partial charge on any atom is 0.317 e. The molecule has 2 atom stereocenters. The van der Waals surface area contributed by atoms with Crippen molar-refractivity contribution in [2.24, 2.45) is 5.92 Å². The summed E-state index contributed by atoms with van der Waals surface area (Å²) in [6.07, 6.45) is 2.95. The number of carboxylic acids is 1. The zero-order chi connectivity index (χ0) is 14.3. The maximum atomic E-state index is 12.0. The van der Waals surface area contributed by atoms with E-state index >= 15 is 0 Å². The zero-order valence-corrected chi connectivity index (χ0v) is 11.7. The minimum atomic E-state index is -0.759. The molecule has 0 aromatic carbocycles. The van der Waals surface area contributed by atoms with E-state index in [4.69, 9.17) is 9.84 Å². The highest BCUT2D eigenvalue weighted by molar-refractivity contribution is 5.75. The van der Waals surface area contributed by atoms with Crippen LogP contribution in [-0.4, -0.2) is 54.9 Å². The summed E-state index contributed by atoms with van der Waals surface area (Å²) >= 11 is 0. The van der Waals surface area contributed by atoms with Crippen molar-refractivity contribution >= 4 is 12.0 Å². The van der Waals surface area contributed by atoms with Crippen LogP contribution in [0.15, 0.2) is 0 Å². The predicted octanol–water partition coefficient (Wildman–Crippen LogP) is 1.31. The number of likely N-dealkylation sites (N-methyl/N-ethyl adjacent to an activating group) is 1. The second-order valence-electron chi connectivity index (χ2n) is 4.92. The standard InChI is InChI=1S/C13H24N2O4/c1-3-15(7-8-19-2)13(18)14-11-6-4-5-10(9-11)12(16)17/h10-11H,3-9H2,1-2H3,(H,14,18)(H,16,17). The van der Waals surface area contributed by atoms with Crippen molar-refractivity contribution in [1.29, 1.82) is 0 Å². The second-order valence-corrected chi connectivity index (χ2v) is 4.92. The van der Waals surface area contributed by atoms with E-state index in [2.05, 4.69) is 5.32 Å². The summed E-state index contributed by atoms with van der Waals surface area (Å²) in [5.41, 5.74) is 0. The molecule has 2 N–H and O–H groups in total. The summed E-state index contributed by atoms with van der Waals surface area (Å²) in [5.74, 6) is -1.08. The predicted molar refractivity (Wildman–Crippen MR) is 71.0 cm³/mol. The molecule has 0 radical (unpaired) electrons. The Morgan fingerprint density at radius 1 is 1.42 bits per heavy atom. The molecule has 2 amide bonds. The van der Waals surface area contributed by atoms with Crippen molar-refractivity contribution in [3.05, 3.63) is 0 Å². The van der Waals surface area contributed by atoms with Crippen molar-refractivity contribution < 1.29 is 19.4 Å². The summed E-state index contributed by atoms with van der Waals surface area (Å²) in [6.45, 7) is 3.58. The molecule has 0 aromatic heterocycles. The molecule has 0 heterocycles. The highest BCUT2D eigenvalue weighted by Gasteiger charge is 2.28. The van der Waals surface area contributed by atoms with Gasteiger partial charge in [-0.1, -0.05) is 6.42 Å². The molecule has 0 aliphatic heterocycles. The van der Waals surface area contributed by atoms with Crippen molar-refractivity contribution in [2.75, 3.05) is 26.8 Å². The molecule has 1 aliphatic carbocycles. The molecule has 1 aliphatic rings. The van der Waals surface area contributed by atoms with Crippen LogP contribution in [0.2, 0.25) is 0 Å². The number of aliphatic carboxylic acids is 1. The SMILES string of the molecule is CCN(CCOC)C(=O)NC1CCCC(C(=O)O)C1. The molecule has 19 heavy (non-hydrogen) atoms. The monoisotopic (exact) mass is 272 g/mol. The molecule has 0 bridgehead atoms. The number of methoxy groups -OCH3 is 1. The van der Waals surface area contributed by atoms with E-state index in [1.54, 1.807) is 12.0 Å². The van der Waals surface area contributed by atoms with Gasteiger partial charge in [-0.15, -0.1) is 0 Å². The lowest BCUT2D eigenvalue weighted by Gasteiger charge is -2.30. The zero-order valence-electron chi connectivity index (χ0n) is 11.7. The van der Waals surface area contributed by atoms with E-state index in [0.717, 1.165) is 12.8 Å². The van der Waals surface area contributed by atoms with Crippen LogP contribution >= 0.6 is 0 Å². The summed E-state index contributed by atoms with van der Waals surface area (Å²) < 4.78 is 4.96. The average Bonchev–Trinajstić information content (AvgIpc) is 2.40.